The molecule has 0 aliphatic carbocycles. The largest absolute Gasteiger partial charge is 0.376 e. The molecule has 6 heteroatoms. The summed E-state index contributed by atoms with van der Waals surface area (Å²) < 4.78 is 0. The molecule has 1 aliphatic rings. The molecule has 24 heavy (non-hydrogen) atoms. The minimum atomic E-state index is 0.0915. The van der Waals surface area contributed by atoms with E-state index >= 15 is 0 Å². The van der Waals surface area contributed by atoms with Gasteiger partial charge in [-0.15, -0.1) is 0 Å². The maximum absolute atomic E-state index is 12.4. The third-order valence-electron chi connectivity index (χ3n) is 4.12. The zero-order valence-electron chi connectivity index (χ0n) is 13.2. The number of piperazine rings is 1. The normalized spacial score (nSPS) is 14.6. The number of carbonyl (C=O) groups excluding carboxylic acids is 1. The van der Waals surface area contributed by atoms with E-state index in [1.54, 1.807) is 12.1 Å². The first-order chi connectivity index (χ1) is 11.6. The van der Waals surface area contributed by atoms with Crippen molar-refractivity contribution in [3.8, 4) is 0 Å². The number of halogens is 2. The van der Waals surface area contributed by atoms with Crippen LogP contribution in [0.25, 0.3) is 0 Å². The van der Waals surface area contributed by atoms with Gasteiger partial charge in [0, 0.05) is 37.6 Å². The highest BCUT2D eigenvalue weighted by molar-refractivity contribution is 6.42. The third-order valence-corrected chi connectivity index (χ3v) is 4.86. The number of carbonyl (C=O) groups is 1. The Morgan fingerprint density at radius 1 is 0.958 bits per heavy atom. The van der Waals surface area contributed by atoms with Crippen LogP contribution >= 0.6 is 23.2 Å². The van der Waals surface area contributed by atoms with E-state index in [0.717, 1.165) is 31.9 Å². The lowest BCUT2D eigenvalue weighted by Gasteiger charge is -2.36. The molecule has 1 heterocycles. The van der Waals surface area contributed by atoms with Gasteiger partial charge < -0.3 is 15.1 Å². The summed E-state index contributed by atoms with van der Waals surface area (Å²) in [7, 11) is 0. The lowest BCUT2D eigenvalue weighted by molar-refractivity contribution is -0.129. The van der Waals surface area contributed by atoms with E-state index in [0.29, 0.717) is 10.0 Å². The van der Waals surface area contributed by atoms with Gasteiger partial charge in [0.2, 0.25) is 5.91 Å². The van der Waals surface area contributed by atoms with E-state index in [9.17, 15) is 4.79 Å². The molecule has 1 saturated heterocycles. The number of hydrogen-bond acceptors (Lipinski definition) is 3. The third kappa shape index (κ3) is 4.13. The maximum atomic E-state index is 12.4. The Morgan fingerprint density at radius 3 is 2.33 bits per heavy atom. The minimum Gasteiger partial charge on any atom is -0.376 e. The van der Waals surface area contributed by atoms with Gasteiger partial charge in [-0.25, -0.2) is 0 Å². The van der Waals surface area contributed by atoms with Gasteiger partial charge in [0.15, 0.2) is 0 Å². The topological polar surface area (TPSA) is 35.6 Å². The van der Waals surface area contributed by atoms with E-state index in [1.165, 1.54) is 5.69 Å². The van der Waals surface area contributed by atoms with Crippen molar-refractivity contribution < 1.29 is 4.79 Å². The molecule has 1 N–H and O–H groups in total. The predicted molar refractivity (Wildman–Crippen MR) is 100 cm³/mol. The van der Waals surface area contributed by atoms with Crippen LogP contribution in [0, 0.1) is 0 Å². The number of hydrogen-bond donors (Lipinski definition) is 1. The fourth-order valence-electron chi connectivity index (χ4n) is 2.75. The van der Waals surface area contributed by atoms with Crippen LogP contribution in [0.3, 0.4) is 0 Å². The summed E-state index contributed by atoms with van der Waals surface area (Å²) in [5.74, 6) is 0.0915. The number of nitrogens with zero attached hydrogens (tertiary/aromatic N) is 2. The molecule has 0 spiro atoms. The molecule has 0 aromatic heterocycles. The second kappa shape index (κ2) is 7.77. The van der Waals surface area contributed by atoms with Crippen molar-refractivity contribution in [2.75, 3.05) is 42.9 Å². The molecule has 0 unspecified atom stereocenters. The van der Waals surface area contributed by atoms with Gasteiger partial charge in [-0.1, -0.05) is 41.4 Å². The summed E-state index contributed by atoms with van der Waals surface area (Å²) in [6.07, 6.45) is 0. The average molecular weight is 364 g/mol. The lowest BCUT2D eigenvalue weighted by atomic mass is 10.2. The molecule has 1 amide bonds. The number of nitrogens with one attached hydrogen (secondary N) is 1. The Hall–Kier alpha value is -1.91. The first-order valence-corrected chi connectivity index (χ1v) is 8.66. The Labute approximate surface area is 152 Å². The number of rotatable bonds is 4. The number of amides is 1. The van der Waals surface area contributed by atoms with Crippen LogP contribution in [0.1, 0.15) is 0 Å². The van der Waals surface area contributed by atoms with Crippen molar-refractivity contribution in [3.05, 3.63) is 58.6 Å². The first kappa shape index (κ1) is 16.9. The van der Waals surface area contributed by atoms with E-state index < -0.39 is 0 Å². The van der Waals surface area contributed by atoms with Crippen LogP contribution < -0.4 is 10.2 Å². The van der Waals surface area contributed by atoms with Crippen LogP contribution in [0.2, 0.25) is 10.0 Å². The minimum absolute atomic E-state index is 0.0915. The molecule has 0 atom stereocenters. The number of benzene rings is 2. The van der Waals surface area contributed by atoms with Crippen molar-refractivity contribution in [1.82, 2.24) is 4.90 Å². The van der Waals surface area contributed by atoms with Crippen molar-refractivity contribution in [1.29, 1.82) is 0 Å². The summed E-state index contributed by atoms with van der Waals surface area (Å²) in [6, 6.07) is 15.5. The molecule has 1 fully saturated rings. The highest BCUT2D eigenvalue weighted by Crippen LogP contribution is 2.25. The summed E-state index contributed by atoms with van der Waals surface area (Å²) in [4.78, 5) is 16.5. The zero-order chi connectivity index (χ0) is 16.9. The average Bonchev–Trinajstić information content (AvgIpc) is 2.63. The van der Waals surface area contributed by atoms with Crippen molar-refractivity contribution >= 4 is 40.5 Å². The molecule has 3 rings (SSSR count). The molecule has 2 aromatic carbocycles. The van der Waals surface area contributed by atoms with Crippen LogP contribution in [-0.4, -0.2) is 43.5 Å². The monoisotopic (exact) mass is 363 g/mol. The molecular weight excluding hydrogens is 345 g/mol. The molecule has 0 radical (unpaired) electrons. The summed E-state index contributed by atoms with van der Waals surface area (Å²) in [6.45, 7) is 3.42. The van der Waals surface area contributed by atoms with E-state index in [2.05, 4.69) is 22.3 Å². The highest BCUT2D eigenvalue weighted by atomic mass is 35.5. The van der Waals surface area contributed by atoms with Gasteiger partial charge in [0.1, 0.15) is 0 Å². The quantitative estimate of drug-likeness (QED) is 0.898. The maximum Gasteiger partial charge on any atom is 0.241 e. The van der Waals surface area contributed by atoms with Gasteiger partial charge in [-0.2, -0.15) is 0 Å². The second-order valence-electron chi connectivity index (χ2n) is 5.69. The van der Waals surface area contributed by atoms with Gasteiger partial charge in [0.25, 0.3) is 0 Å². The summed E-state index contributed by atoms with van der Waals surface area (Å²) >= 11 is 11.9. The van der Waals surface area contributed by atoms with Crippen LogP contribution in [0.5, 0.6) is 0 Å². The van der Waals surface area contributed by atoms with E-state index in [-0.39, 0.29) is 12.5 Å². The van der Waals surface area contributed by atoms with Crippen LogP contribution in [-0.2, 0) is 4.79 Å². The van der Waals surface area contributed by atoms with Gasteiger partial charge in [0.05, 0.1) is 16.6 Å². The molecule has 4 nitrogen and oxygen atoms in total. The fourth-order valence-corrected chi connectivity index (χ4v) is 3.05. The van der Waals surface area contributed by atoms with Gasteiger partial charge in [-0.05, 0) is 30.3 Å². The molecule has 1 aliphatic heterocycles. The summed E-state index contributed by atoms with van der Waals surface area (Å²) in [5, 5.41) is 4.09. The highest BCUT2D eigenvalue weighted by Gasteiger charge is 2.20. The van der Waals surface area contributed by atoms with Crippen molar-refractivity contribution in [2.45, 2.75) is 0 Å². The Kier molecular flexibility index (Phi) is 5.48. The standard InChI is InChI=1S/C18H19Cl2N3O/c19-16-7-6-14(12-17(16)20)21-13-18(24)23-10-8-22(9-11-23)15-4-2-1-3-5-15/h1-7,12,21H,8-11,13H2. The Morgan fingerprint density at radius 2 is 1.67 bits per heavy atom. The molecule has 2 aromatic rings. The SMILES string of the molecule is O=C(CNc1ccc(Cl)c(Cl)c1)N1CCN(c2ccccc2)CC1. The molecule has 0 saturated carbocycles. The second-order valence-corrected chi connectivity index (χ2v) is 6.50. The van der Waals surface area contributed by atoms with Gasteiger partial charge >= 0.3 is 0 Å². The fraction of sp³-hybridized carbons (Fsp3) is 0.278. The molecule has 126 valence electrons. The van der Waals surface area contributed by atoms with E-state index in [1.807, 2.05) is 29.2 Å². The smallest absolute Gasteiger partial charge is 0.241 e. The molecule has 0 bridgehead atoms. The van der Waals surface area contributed by atoms with Gasteiger partial charge in [-0.3, -0.25) is 4.79 Å². The van der Waals surface area contributed by atoms with Crippen molar-refractivity contribution in [2.24, 2.45) is 0 Å². The van der Waals surface area contributed by atoms with Crippen LogP contribution in [0.15, 0.2) is 48.5 Å². The Balaban J connectivity index is 1.49. The lowest BCUT2D eigenvalue weighted by Crippen LogP contribution is -2.50. The number of anilines is 2. The van der Waals surface area contributed by atoms with E-state index in [4.69, 9.17) is 23.2 Å². The molecular formula is C18H19Cl2N3O. The first-order valence-electron chi connectivity index (χ1n) is 7.90. The number of para-hydroxylation sites is 1. The predicted octanol–water partition coefficient (Wildman–Crippen LogP) is 3.75. The van der Waals surface area contributed by atoms with Crippen molar-refractivity contribution in [3.63, 3.8) is 0 Å². The Bertz CT molecular complexity index is 701. The zero-order valence-corrected chi connectivity index (χ0v) is 14.7. The summed E-state index contributed by atoms with van der Waals surface area (Å²) in [5.41, 5.74) is 2.00. The van der Waals surface area contributed by atoms with Crippen LogP contribution in [0.4, 0.5) is 11.4 Å².